The first kappa shape index (κ1) is 23.9. The Morgan fingerprint density at radius 2 is 1.56 bits per heavy atom. The molecule has 5 rings (SSSR count). The van der Waals surface area contributed by atoms with E-state index in [1.165, 1.54) is 11.1 Å². The third-order valence-corrected chi connectivity index (χ3v) is 7.30. The van der Waals surface area contributed by atoms with Crippen molar-refractivity contribution < 1.29 is 9.59 Å². The quantitative estimate of drug-likeness (QED) is 0.444. The Balaban J connectivity index is 1.19. The van der Waals surface area contributed by atoms with Gasteiger partial charge >= 0.3 is 6.03 Å². The van der Waals surface area contributed by atoms with Crippen LogP contribution >= 0.6 is 0 Å². The van der Waals surface area contributed by atoms with Crippen LogP contribution in [0.3, 0.4) is 0 Å². The van der Waals surface area contributed by atoms with Crippen LogP contribution in [0.2, 0.25) is 0 Å². The van der Waals surface area contributed by atoms with E-state index < -0.39 is 0 Å². The fourth-order valence-electron chi connectivity index (χ4n) is 5.34. The van der Waals surface area contributed by atoms with Crippen molar-refractivity contribution >= 4 is 23.3 Å². The topological polar surface area (TPSA) is 73.5 Å². The van der Waals surface area contributed by atoms with Gasteiger partial charge in [0.15, 0.2) is 0 Å². The molecule has 186 valence electrons. The highest BCUT2D eigenvalue weighted by Crippen LogP contribution is 2.31. The Morgan fingerprint density at radius 3 is 2.36 bits per heavy atom. The number of carbonyl (C=O) groups excluding carboxylic acids is 2. The van der Waals surface area contributed by atoms with Gasteiger partial charge in [-0.15, -0.1) is 0 Å². The SMILES string of the molecule is Cc1ccc(NC(=O)NC2CCN(c3ccccc3C(=O)N[C@@H]3CCCc4ccccc43)CC2)cc1. The molecular weight excluding hydrogens is 448 g/mol. The molecule has 0 radical (unpaired) electrons. The number of piperidine rings is 1. The van der Waals surface area contributed by atoms with E-state index in [-0.39, 0.29) is 24.0 Å². The second kappa shape index (κ2) is 10.9. The van der Waals surface area contributed by atoms with Gasteiger partial charge in [0.2, 0.25) is 0 Å². The maximum Gasteiger partial charge on any atom is 0.319 e. The van der Waals surface area contributed by atoms with Crippen LogP contribution < -0.4 is 20.9 Å². The molecule has 1 heterocycles. The van der Waals surface area contributed by atoms with Gasteiger partial charge in [-0.3, -0.25) is 4.79 Å². The molecule has 1 fully saturated rings. The molecule has 6 heteroatoms. The molecular formula is C30H34N4O2. The van der Waals surface area contributed by atoms with E-state index in [0.717, 1.165) is 62.1 Å². The summed E-state index contributed by atoms with van der Waals surface area (Å²) in [4.78, 5) is 28.1. The monoisotopic (exact) mass is 482 g/mol. The zero-order valence-electron chi connectivity index (χ0n) is 20.8. The maximum atomic E-state index is 13.4. The molecule has 3 amide bonds. The summed E-state index contributed by atoms with van der Waals surface area (Å²) in [5.41, 5.74) is 6.20. The lowest BCUT2D eigenvalue weighted by molar-refractivity contribution is 0.0933. The molecule has 0 unspecified atom stereocenters. The predicted octanol–water partition coefficient (Wildman–Crippen LogP) is 5.59. The second-order valence-corrected chi connectivity index (χ2v) is 9.86. The summed E-state index contributed by atoms with van der Waals surface area (Å²) in [5.74, 6) is -0.0231. The van der Waals surface area contributed by atoms with Crippen LogP contribution in [0, 0.1) is 6.92 Å². The standard InChI is InChI=1S/C30H34N4O2/c1-21-13-15-23(16-14-21)31-30(36)32-24-17-19-34(20-18-24)28-12-5-4-10-26(28)29(35)33-27-11-6-8-22-7-2-3-9-25(22)27/h2-5,7,9-10,12-16,24,27H,6,8,11,17-20H2,1H3,(H,33,35)(H2,31,32,36)/t27-/m1/s1. The highest BCUT2D eigenvalue weighted by Gasteiger charge is 2.26. The summed E-state index contributed by atoms with van der Waals surface area (Å²) >= 11 is 0. The number of benzene rings is 3. The Labute approximate surface area is 213 Å². The Kier molecular flexibility index (Phi) is 7.21. The molecule has 0 aromatic heterocycles. The molecule has 3 N–H and O–H groups in total. The lowest BCUT2D eigenvalue weighted by Crippen LogP contribution is -2.46. The molecule has 0 spiro atoms. The molecule has 2 aliphatic rings. The van der Waals surface area contributed by atoms with Gasteiger partial charge < -0.3 is 20.9 Å². The molecule has 36 heavy (non-hydrogen) atoms. The van der Waals surface area contributed by atoms with Gasteiger partial charge in [0, 0.05) is 30.5 Å². The van der Waals surface area contributed by atoms with Gasteiger partial charge in [-0.2, -0.15) is 0 Å². The molecule has 1 atom stereocenters. The normalized spacial score (nSPS) is 17.7. The molecule has 0 saturated carbocycles. The summed E-state index contributed by atoms with van der Waals surface area (Å²) < 4.78 is 0. The van der Waals surface area contributed by atoms with Gasteiger partial charge in [-0.1, -0.05) is 54.1 Å². The number of hydrogen-bond acceptors (Lipinski definition) is 3. The van der Waals surface area contributed by atoms with E-state index in [0.29, 0.717) is 5.56 Å². The number of urea groups is 1. The number of nitrogens with zero attached hydrogens (tertiary/aromatic N) is 1. The predicted molar refractivity (Wildman–Crippen MR) is 145 cm³/mol. The number of nitrogens with one attached hydrogen (secondary N) is 3. The minimum Gasteiger partial charge on any atom is -0.371 e. The third-order valence-electron chi connectivity index (χ3n) is 7.30. The van der Waals surface area contributed by atoms with Gasteiger partial charge in [0.1, 0.15) is 0 Å². The fraction of sp³-hybridized carbons (Fsp3) is 0.333. The lowest BCUT2D eigenvalue weighted by Gasteiger charge is -2.35. The minimum absolute atomic E-state index is 0.0231. The van der Waals surface area contributed by atoms with Crippen LogP contribution in [-0.2, 0) is 6.42 Å². The molecule has 1 aliphatic heterocycles. The summed E-state index contributed by atoms with van der Waals surface area (Å²) in [7, 11) is 0. The molecule has 0 bridgehead atoms. The van der Waals surface area contributed by atoms with Gasteiger partial charge in [0.05, 0.1) is 11.6 Å². The average molecular weight is 483 g/mol. The average Bonchev–Trinajstić information content (AvgIpc) is 2.91. The van der Waals surface area contributed by atoms with Crippen molar-refractivity contribution in [2.24, 2.45) is 0 Å². The molecule has 3 aromatic rings. The summed E-state index contributed by atoms with van der Waals surface area (Å²) in [6.07, 6.45) is 4.78. The first-order chi connectivity index (χ1) is 17.6. The smallest absolute Gasteiger partial charge is 0.319 e. The molecule has 6 nitrogen and oxygen atoms in total. The van der Waals surface area contributed by atoms with Crippen LogP contribution in [0.5, 0.6) is 0 Å². The molecule has 1 saturated heterocycles. The van der Waals surface area contributed by atoms with E-state index in [4.69, 9.17) is 0 Å². The lowest BCUT2D eigenvalue weighted by atomic mass is 9.87. The van der Waals surface area contributed by atoms with Gasteiger partial charge in [-0.05, 0) is 74.4 Å². The maximum absolute atomic E-state index is 13.4. The van der Waals surface area contributed by atoms with Gasteiger partial charge in [0.25, 0.3) is 5.91 Å². The van der Waals surface area contributed by atoms with E-state index in [1.54, 1.807) is 0 Å². The Bertz CT molecular complexity index is 1220. The number of para-hydroxylation sites is 1. The van der Waals surface area contributed by atoms with Crippen molar-refractivity contribution in [1.82, 2.24) is 10.6 Å². The first-order valence-corrected chi connectivity index (χ1v) is 12.9. The summed E-state index contributed by atoms with van der Waals surface area (Å²) in [6.45, 7) is 3.59. The highest BCUT2D eigenvalue weighted by atomic mass is 16.2. The Hall–Kier alpha value is -3.80. The number of anilines is 2. The summed E-state index contributed by atoms with van der Waals surface area (Å²) in [5, 5.41) is 9.31. The van der Waals surface area contributed by atoms with Crippen LogP contribution in [0.15, 0.2) is 72.8 Å². The van der Waals surface area contributed by atoms with E-state index >= 15 is 0 Å². The van der Waals surface area contributed by atoms with Crippen molar-refractivity contribution in [3.8, 4) is 0 Å². The van der Waals surface area contributed by atoms with Crippen LogP contribution in [0.25, 0.3) is 0 Å². The number of fused-ring (bicyclic) bond motifs is 1. The summed E-state index contributed by atoms with van der Waals surface area (Å²) in [6, 6.07) is 24.0. The number of rotatable bonds is 5. The van der Waals surface area contributed by atoms with Crippen LogP contribution in [0.4, 0.5) is 16.2 Å². The van der Waals surface area contributed by atoms with E-state index in [2.05, 4.69) is 45.1 Å². The van der Waals surface area contributed by atoms with E-state index in [9.17, 15) is 9.59 Å². The van der Waals surface area contributed by atoms with Crippen molar-refractivity contribution in [3.63, 3.8) is 0 Å². The van der Waals surface area contributed by atoms with Crippen LogP contribution in [-0.4, -0.2) is 31.1 Å². The fourth-order valence-corrected chi connectivity index (χ4v) is 5.34. The second-order valence-electron chi connectivity index (χ2n) is 9.86. The molecule has 3 aromatic carbocycles. The zero-order chi connectivity index (χ0) is 24.9. The van der Waals surface area contributed by atoms with Crippen LogP contribution in [0.1, 0.15) is 58.8 Å². The zero-order valence-corrected chi connectivity index (χ0v) is 20.8. The van der Waals surface area contributed by atoms with Gasteiger partial charge in [-0.25, -0.2) is 4.79 Å². The number of amides is 3. The highest BCUT2D eigenvalue weighted by molar-refractivity contribution is 6.00. The van der Waals surface area contributed by atoms with Crippen molar-refractivity contribution in [2.45, 2.75) is 51.1 Å². The largest absolute Gasteiger partial charge is 0.371 e. The third kappa shape index (κ3) is 5.54. The van der Waals surface area contributed by atoms with E-state index in [1.807, 2.05) is 55.5 Å². The van der Waals surface area contributed by atoms with Crippen molar-refractivity contribution in [2.75, 3.05) is 23.3 Å². The first-order valence-electron chi connectivity index (χ1n) is 12.9. The Morgan fingerprint density at radius 1 is 0.833 bits per heavy atom. The number of aryl methyl sites for hydroxylation is 2. The van der Waals surface area contributed by atoms with Crippen molar-refractivity contribution in [3.05, 3.63) is 95.1 Å². The van der Waals surface area contributed by atoms with Crippen molar-refractivity contribution in [1.29, 1.82) is 0 Å². The molecule has 1 aliphatic carbocycles. The number of hydrogen-bond donors (Lipinski definition) is 3. The minimum atomic E-state index is -0.176. The number of carbonyl (C=O) groups is 2.